The number of aliphatic hydroxyl groups is 1. The van der Waals surface area contributed by atoms with Gasteiger partial charge < -0.3 is 24.6 Å². The van der Waals surface area contributed by atoms with Gasteiger partial charge >= 0.3 is 0 Å². The van der Waals surface area contributed by atoms with Crippen molar-refractivity contribution in [3.8, 4) is 11.5 Å². The average Bonchev–Trinajstić information content (AvgIpc) is 3.24. The fourth-order valence-electron chi connectivity index (χ4n) is 4.26. The SMILES string of the molecule is COCCCN1C(=O)C(=O)/C(=C(/O)c2ccc3c(c2)CC(C)O3)C1c1cccc(O)c1. The number of hydrogen-bond donors (Lipinski definition) is 2. The van der Waals surface area contributed by atoms with Crippen molar-refractivity contribution >= 4 is 17.4 Å². The molecule has 2 atom stereocenters. The van der Waals surface area contributed by atoms with Crippen molar-refractivity contribution < 1.29 is 29.3 Å². The van der Waals surface area contributed by atoms with E-state index in [2.05, 4.69) is 0 Å². The number of phenols is 1. The van der Waals surface area contributed by atoms with E-state index < -0.39 is 17.7 Å². The van der Waals surface area contributed by atoms with Crippen LogP contribution in [0.25, 0.3) is 5.76 Å². The maximum atomic E-state index is 13.0. The fourth-order valence-corrected chi connectivity index (χ4v) is 4.26. The summed E-state index contributed by atoms with van der Waals surface area (Å²) in [6, 6.07) is 10.8. The molecule has 0 aromatic heterocycles. The Morgan fingerprint density at radius 1 is 1.23 bits per heavy atom. The number of carbonyl (C=O) groups excluding carboxylic acids is 2. The van der Waals surface area contributed by atoms with Crippen LogP contribution in [-0.4, -0.2) is 53.2 Å². The normalized spacial score (nSPS) is 21.9. The van der Waals surface area contributed by atoms with E-state index >= 15 is 0 Å². The standard InChI is InChI=1S/C24H25NO6/c1-14-11-17-12-16(7-8-19(17)31-14)22(27)20-21(15-5-3-6-18(26)13-15)25(9-4-10-30-2)24(29)23(20)28/h3,5-8,12-14,21,26-27H,4,9-11H2,1-2H3/b22-20+. The first-order valence-corrected chi connectivity index (χ1v) is 10.3. The van der Waals surface area contributed by atoms with Crippen molar-refractivity contribution in [2.45, 2.75) is 31.9 Å². The minimum Gasteiger partial charge on any atom is -0.508 e. The van der Waals surface area contributed by atoms with Gasteiger partial charge in [-0.1, -0.05) is 12.1 Å². The first-order valence-electron chi connectivity index (χ1n) is 10.3. The van der Waals surface area contributed by atoms with Crippen LogP contribution in [0.15, 0.2) is 48.0 Å². The summed E-state index contributed by atoms with van der Waals surface area (Å²) in [7, 11) is 1.57. The molecule has 2 N–H and O–H groups in total. The van der Waals surface area contributed by atoms with Crippen molar-refractivity contribution in [3.05, 3.63) is 64.7 Å². The highest BCUT2D eigenvalue weighted by Gasteiger charge is 2.46. The molecule has 2 aromatic rings. The third-order valence-corrected chi connectivity index (χ3v) is 5.64. The molecule has 1 fully saturated rings. The summed E-state index contributed by atoms with van der Waals surface area (Å²) in [4.78, 5) is 27.3. The van der Waals surface area contributed by atoms with Crippen molar-refractivity contribution in [1.82, 2.24) is 4.90 Å². The van der Waals surface area contributed by atoms with E-state index in [1.165, 1.54) is 17.0 Å². The van der Waals surface area contributed by atoms with Crippen molar-refractivity contribution in [2.24, 2.45) is 0 Å². The van der Waals surface area contributed by atoms with Gasteiger partial charge in [-0.15, -0.1) is 0 Å². The van der Waals surface area contributed by atoms with E-state index in [0.717, 1.165) is 11.3 Å². The number of carbonyl (C=O) groups is 2. The number of nitrogens with zero attached hydrogens (tertiary/aromatic N) is 1. The summed E-state index contributed by atoms with van der Waals surface area (Å²) in [5.74, 6) is -0.877. The second kappa shape index (κ2) is 8.43. The Morgan fingerprint density at radius 2 is 2.03 bits per heavy atom. The van der Waals surface area contributed by atoms with Crippen molar-refractivity contribution in [1.29, 1.82) is 0 Å². The minimum atomic E-state index is -0.799. The van der Waals surface area contributed by atoms with Gasteiger partial charge in [0.25, 0.3) is 11.7 Å². The highest BCUT2D eigenvalue weighted by molar-refractivity contribution is 6.46. The number of fused-ring (bicyclic) bond motifs is 1. The molecule has 1 saturated heterocycles. The van der Waals surface area contributed by atoms with Gasteiger partial charge in [-0.25, -0.2) is 0 Å². The lowest BCUT2D eigenvalue weighted by Gasteiger charge is -2.25. The zero-order chi connectivity index (χ0) is 22.1. The Balaban J connectivity index is 1.80. The third kappa shape index (κ3) is 3.88. The predicted octanol–water partition coefficient (Wildman–Crippen LogP) is 3.17. The largest absolute Gasteiger partial charge is 0.508 e. The molecule has 0 radical (unpaired) electrons. The summed E-state index contributed by atoms with van der Waals surface area (Å²) in [6.45, 7) is 2.68. The van der Waals surface area contributed by atoms with Crippen LogP contribution in [-0.2, 0) is 20.7 Å². The van der Waals surface area contributed by atoms with E-state index in [4.69, 9.17) is 9.47 Å². The molecule has 0 aliphatic carbocycles. The smallest absolute Gasteiger partial charge is 0.295 e. The maximum absolute atomic E-state index is 13.0. The van der Waals surface area contributed by atoms with Crippen LogP contribution in [0.5, 0.6) is 11.5 Å². The summed E-state index contributed by atoms with van der Waals surface area (Å²) >= 11 is 0. The van der Waals surface area contributed by atoms with Gasteiger partial charge in [0, 0.05) is 32.2 Å². The molecule has 7 heteroatoms. The molecule has 4 rings (SSSR count). The predicted molar refractivity (Wildman–Crippen MR) is 114 cm³/mol. The quantitative estimate of drug-likeness (QED) is 0.321. The maximum Gasteiger partial charge on any atom is 0.295 e. The second-order valence-electron chi connectivity index (χ2n) is 7.89. The molecule has 2 heterocycles. The molecule has 2 aliphatic rings. The molecule has 162 valence electrons. The highest BCUT2D eigenvalue weighted by Crippen LogP contribution is 2.41. The monoisotopic (exact) mass is 423 g/mol. The molecule has 2 aliphatic heterocycles. The van der Waals surface area contributed by atoms with Crippen molar-refractivity contribution in [3.63, 3.8) is 0 Å². The number of ketones is 1. The average molecular weight is 423 g/mol. The van der Waals surface area contributed by atoms with Crippen molar-refractivity contribution in [2.75, 3.05) is 20.3 Å². The van der Waals surface area contributed by atoms with Crippen LogP contribution in [0.4, 0.5) is 0 Å². The van der Waals surface area contributed by atoms with Gasteiger partial charge in [0.15, 0.2) is 0 Å². The summed E-state index contributed by atoms with van der Waals surface area (Å²) in [6.07, 6.45) is 1.29. The number of benzene rings is 2. The molecule has 1 amide bonds. The molecular weight excluding hydrogens is 398 g/mol. The lowest BCUT2D eigenvalue weighted by molar-refractivity contribution is -0.140. The van der Waals surface area contributed by atoms with Gasteiger partial charge in [-0.05, 0) is 54.8 Å². The molecular formula is C24H25NO6. The lowest BCUT2D eigenvalue weighted by atomic mass is 9.94. The number of phenolic OH excluding ortho intramolecular Hbond substituents is 1. The number of ether oxygens (including phenoxy) is 2. The van der Waals surface area contributed by atoms with Crippen LogP contribution >= 0.6 is 0 Å². The summed E-state index contributed by atoms with van der Waals surface area (Å²) < 4.78 is 10.8. The molecule has 31 heavy (non-hydrogen) atoms. The number of aromatic hydroxyl groups is 1. The number of amides is 1. The van der Waals surface area contributed by atoms with Gasteiger partial charge in [0.1, 0.15) is 23.4 Å². The van der Waals surface area contributed by atoms with E-state index in [1.54, 1.807) is 37.4 Å². The third-order valence-electron chi connectivity index (χ3n) is 5.64. The molecule has 0 bridgehead atoms. The number of aliphatic hydroxyl groups excluding tert-OH is 1. The van der Waals surface area contributed by atoms with Gasteiger partial charge in [-0.2, -0.15) is 0 Å². The summed E-state index contributed by atoms with van der Waals surface area (Å²) in [5.41, 5.74) is 1.97. The molecule has 2 unspecified atom stereocenters. The number of Topliss-reactive ketones (excluding diaryl/α,β-unsaturated/α-hetero) is 1. The zero-order valence-electron chi connectivity index (χ0n) is 17.5. The Bertz CT molecular complexity index is 1060. The lowest BCUT2D eigenvalue weighted by Crippen LogP contribution is -2.31. The van der Waals surface area contributed by atoms with E-state index in [1.807, 2.05) is 6.92 Å². The minimum absolute atomic E-state index is 0.0138. The zero-order valence-corrected chi connectivity index (χ0v) is 17.5. The molecule has 7 nitrogen and oxygen atoms in total. The van der Waals surface area contributed by atoms with E-state index in [9.17, 15) is 19.8 Å². The van der Waals surface area contributed by atoms with Crippen LogP contribution in [0.1, 0.15) is 36.1 Å². The first kappa shape index (κ1) is 20.9. The molecule has 2 aromatic carbocycles. The van der Waals surface area contributed by atoms with E-state index in [0.29, 0.717) is 30.6 Å². The number of hydrogen-bond acceptors (Lipinski definition) is 6. The van der Waals surface area contributed by atoms with Crippen LogP contribution in [0, 0.1) is 0 Å². The Morgan fingerprint density at radius 3 is 2.77 bits per heavy atom. The van der Waals surface area contributed by atoms with E-state index in [-0.39, 0.29) is 29.7 Å². The Kier molecular flexibility index (Phi) is 5.69. The van der Waals surface area contributed by atoms with Gasteiger partial charge in [0.05, 0.1) is 11.6 Å². The number of methoxy groups -OCH3 is 1. The Labute approximate surface area is 180 Å². The van der Waals surface area contributed by atoms with Crippen LogP contribution in [0.2, 0.25) is 0 Å². The topological polar surface area (TPSA) is 96.3 Å². The molecule has 0 saturated carbocycles. The van der Waals surface area contributed by atoms with Gasteiger partial charge in [0.2, 0.25) is 0 Å². The van der Waals surface area contributed by atoms with Crippen LogP contribution < -0.4 is 4.74 Å². The summed E-state index contributed by atoms with van der Waals surface area (Å²) in [5, 5.41) is 21.1. The second-order valence-corrected chi connectivity index (χ2v) is 7.89. The van der Waals surface area contributed by atoms with Crippen LogP contribution in [0.3, 0.4) is 0 Å². The van der Waals surface area contributed by atoms with Gasteiger partial charge in [-0.3, -0.25) is 9.59 Å². The number of likely N-dealkylation sites (tertiary alicyclic amines) is 1. The Hall–Kier alpha value is -3.32. The number of rotatable bonds is 6. The fraction of sp³-hybridized carbons (Fsp3) is 0.333. The first-order chi connectivity index (χ1) is 14.9. The molecule has 0 spiro atoms. The highest BCUT2D eigenvalue weighted by atomic mass is 16.5.